The van der Waals surface area contributed by atoms with Crippen molar-refractivity contribution in [2.24, 2.45) is 11.8 Å². The van der Waals surface area contributed by atoms with Crippen LogP contribution in [0.2, 0.25) is 0 Å². The van der Waals surface area contributed by atoms with Crippen molar-refractivity contribution in [1.82, 2.24) is 10.2 Å². The van der Waals surface area contributed by atoms with Crippen LogP contribution in [-0.2, 0) is 14.4 Å². The first kappa shape index (κ1) is 19.9. The Hall–Kier alpha value is -2.90. The van der Waals surface area contributed by atoms with Crippen LogP contribution in [0.15, 0.2) is 24.3 Å². The molecule has 0 radical (unpaired) electrons. The molecule has 8 heteroatoms. The lowest BCUT2D eigenvalue weighted by Crippen LogP contribution is -2.48. The molecule has 8 nitrogen and oxygen atoms in total. The fourth-order valence-corrected chi connectivity index (χ4v) is 3.79. The van der Waals surface area contributed by atoms with Gasteiger partial charge in [-0.3, -0.25) is 14.4 Å². The first-order valence-corrected chi connectivity index (χ1v) is 9.46. The van der Waals surface area contributed by atoms with Gasteiger partial charge in [0.25, 0.3) is 0 Å². The monoisotopic (exact) mass is 387 g/mol. The zero-order chi connectivity index (χ0) is 20.4. The van der Waals surface area contributed by atoms with E-state index in [4.69, 9.17) is 4.74 Å². The fourth-order valence-electron chi connectivity index (χ4n) is 3.79. The summed E-state index contributed by atoms with van der Waals surface area (Å²) < 4.78 is 5.05. The van der Waals surface area contributed by atoms with Gasteiger partial charge in [0, 0.05) is 6.04 Å². The Kier molecular flexibility index (Phi) is 5.67. The second-order valence-electron chi connectivity index (χ2n) is 7.45. The number of nitrogens with one attached hydrogen (secondary N) is 1. The largest absolute Gasteiger partial charge is 0.497 e. The minimum atomic E-state index is -0.999. The van der Waals surface area contributed by atoms with Crippen molar-refractivity contribution in [2.75, 3.05) is 18.6 Å². The average Bonchev–Trinajstić information content (AvgIpc) is 2.89. The maximum atomic E-state index is 12.6. The Labute approximate surface area is 163 Å². The van der Waals surface area contributed by atoms with Gasteiger partial charge in [-0.2, -0.15) is 0 Å². The van der Waals surface area contributed by atoms with Crippen molar-refractivity contribution in [3.8, 4) is 5.75 Å². The number of amides is 5. The summed E-state index contributed by atoms with van der Waals surface area (Å²) >= 11 is 0. The lowest BCUT2D eigenvalue weighted by Gasteiger charge is -2.34. The van der Waals surface area contributed by atoms with Crippen LogP contribution < -0.4 is 15.0 Å². The summed E-state index contributed by atoms with van der Waals surface area (Å²) in [5, 5.41) is 2.92. The van der Waals surface area contributed by atoms with Crippen molar-refractivity contribution >= 4 is 29.4 Å². The topological polar surface area (TPSA) is 96.0 Å². The number of hydrogen-bond donors (Lipinski definition) is 1. The summed E-state index contributed by atoms with van der Waals surface area (Å²) in [7, 11) is 1.50. The molecule has 0 aromatic heterocycles. The highest BCUT2D eigenvalue weighted by molar-refractivity contribution is 6.53. The van der Waals surface area contributed by atoms with E-state index in [1.165, 1.54) is 19.2 Å². The van der Waals surface area contributed by atoms with E-state index in [2.05, 4.69) is 19.2 Å². The molecule has 3 rings (SSSR count). The van der Waals surface area contributed by atoms with Gasteiger partial charge < -0.3 is 10.1 Å². The minimum absolute atomic E-state index is 0.0115. The van der Waals surface area contributed by atoms with Crippen molar-refractivity contribution in [2.45, 2.75) is 39.2 Å². The van der Waals surface area contributed by atoms with Gasteiger partial charge in [-0.05, 0) is 42.5 Å². The molecular formula is C20H25N3O5. The van der Waals surface area contributed by atoms with Gasteiger partial charge in [-0.25, -0.2) is 14.6 Å². The van der Waals surface area contributed by atoms with Gasteiger partial charge in [0.1, 0.15) is 12.3 Å². The number of carbonyl (C=O) groups excluding carboxylic acids is 4. The lowest BCUT2D eigenvalue weighted by molar-refractivity contribution is -0.140. The van der Waals surface area contributed by atoms with Crippen LogP contribution in [0.4, 0.5) is 10.5 Å². The van der Waals surface area contributed by atoms with Crippen molar-refractivity contribution in [3.63, 3.8) is 0 Å². The van der Waals surface area contributed by atoms with Crippen LogP contribution in [0.3, 0.4) is 0 Å². The Morgan fingerprint density at radius 1 is 1.11 bits per heavy atom. The molecule has 5 amide bonds. The van der Waals surface area contributed by atoms with E-state index in [1.807, 2.05) is 0 Å². The number of urea groups is 1. The molecule has 1 saturated carbocycles. The number of methoxy groups -OCH3 is 1. The van der Waals surface area contributed by atoms with E-state index in [9.17, 15) is 19.2 Å². The van der Waals surface area contributed by atoms with Crippen LogP contribution in [0.5, 0.6) is 5.75 Å². The molecule has 1 aromatic rings. The first-order valence-electron chi connectivity index (χ1n) is 9.46. The van der Waals surface area contributed by atoms with Crippen LogP contribution in [0.25, 0.3) is 0 Å². The number of hydrogen-bond acceptors (Lipinski definition) is 5. The highest BCUT2D eigenvalue weighted by Gasteiger charge is 2.46. The number of anilines is 1. The summed E-state index contributed by atoms with van der Waals surface area (Å²) in [5.74, 6) is -1.02. The number of nitrogens with zero attached hydrogens (tertiary/aromatic N) is 2. The van der Waals surface area contributed by atoms with Crippen LogP contribution in [0, 0.1) is 11.8 Å². The second-order valence-corrected chi connectivity index (χ2v) is 7.45. The average molecular weight is 387 g/mol. The van der Waals surface area contributed by atoms with Crippen molar-refractivity contribution in [3.05, 3.63) is 24.3 Å². The normalized spacial score (nSPS) is 25.2. The standard InChI is InChI=1S/C20H25N3O5/c1-12-5-4-6-16(13(12)2)21-17(24)11-22-18(25)19(26)23(20(22)27)14-7-9-15(28-3)10-8-14/h7-10,12-13,16H,4-6,11H2,1-3H3,(H,21,24)/t12-,13+,16-/m0/s1. The molecule has 2 fully saturated rings. The zero-order valence-electron chi connectivity index (χ0n) is 16.3. The SMILES string of the molecule is COc1ccc(N2C(=O)C(=O)N(CC(=O)N[C@H]3CCC[C@H](C)[C@H]3C)C2=O)cc1. The quantitative estimate of drug-likeness (QED) is 0.615. The zero-order valence-corrected chi connectivity index (χ0v) is 16.3. The van der Waals surface area contributed by atoms with E-state index in [-0.39, 0.29) is 11.7 Å². The van der Waals surface area contributed by atoms with Gasteiger partial charge in [-0.15, -0.1) is 0 Å². The maximum Gasteiger partial charge on any atom is 0.339 e. The van der Waals surface area contributed by atoms with Gasteiger partial charge >= 0.3 is 17.8 Å². The Balaban J connectivity index is 1.68. The highest BCUT2D eigenvalue weighted by Crippen LogP contribution is 2.29. The third kappa shape index (κ3) is 3.72. The molecule has 2 aliphatic rings. The molecule has 0 bridgehead atoms. The van der Waals surface area contributed by atoms with Crippen molar-refractivity contribution in [1.29, 1.82) is 0 Å². The van der Waals surface area contributed by atoms with Crippen LogP contribution >= 0.6 is 0 Å². The minimum Gasteiger partial charge on any atom is -0.497 e. The molecule has 1 saturated heterocycles. The second kappa shape index (κ2) is 8.00. The summed E-state index contributed by atoms with van der Waals surface area (Å²) in [5.41, 5.74) is 0.252. The van der Waals surface area contributed by atoms with Gasteiger partial charge in [0.05, 0.1) is 12.8 Å². The maximum absolute atomic E-state index is 12.6. The smallest absolute Gasteiger partial charge is 0.339 e. The van der Waals surface area contributed by atoms with Gasteiger partial charge in [0.15, 0.2) is 0 Å². The summed E-state index contributed by atoms with van der Waals surface area (Å²) in [4.78, 5) is 51.1. The van der Waals surface area contributed by atoms with E-state index in [0.717, 1.165) is 24.2 Å². The number of imide groups is 2. The third-order valence-electron chi connectivity index (χ3n) is 5.74. The molecule has 3 atom stereocenters. The highest BCUT2D eigenvalue weighted by atomic mass is 16.5. The molecule has 0 spiro atoms. The molecular weight excluding hydrogens is 362 g/mol. The Bertz CT molecular complexity index is 792. The fraction of sp³-hybridized carbons (Fsp3) is 0.500. The molecule has 1 aromatic carbocycles. The number of ether oxygens (including phenoxy) is 1. The van der Waals surface area contributed by atoms with Gasteiger partial charge in [-0.1, -0.05) is 26.7 Å². The molecule has 0 unspecified atom stereocenters. The van der Waals surface area contributed by atoms with E-state index in [1.54, 1.807) is 12.1 Å². The summed E-state index contributed by atoms with van der Waals surface area (Å²) in [6, 6.07) is 5.38. The molecule has 1 aliphatic heterocycles. The molecule has 1 N–H and O–H groups in total. The Morgan fingerprint density at radius 3 is 2.43 bits per heavy atom. The first-order chi connectivity index (χ1) is 13.3. The summed E-state index contributed by atoms with van der Waals surface area (Å²) in [6.45, 7) is 3.78. The summed E-state index contributed by atoms with van der Waals surface area (Å²) in [6.07, 6.45) is 3.03. The third-order valence-corrected chi connectivity index (χ3v) is 5.74. The molecule has 28 heavy (non-hydrogen) atoms. The molecule has 1 aliphatic carbocycles. The lowest BCUT2D eigenvalue weighted by atomic mass is 9.78. The number of rotatable bonds is 5. The van der Waals surface area contributed by atoms with E-state index < -0.39 is 30.3 Å². The number of benzene rings is 1. The number of carbonyl (C=O) groups is 4. The van der Waals surface area contributed by atoms with E-state index in [0.29, 0.717) is 22.5 Å². The van der Waals surface area contributed by atoms with E-state index >= 15 is 0 Å². The predicted octanol–water partition coefficient (Wildman–Crippen LogP) is 1.93. The van der Waals surface area contributed by atoms with Crippen LogP contribution in [-0.4, -0.2) is 48.3 Å². The van der Waals surface area contributed by atoms with Crippen molar-refractivity contribution < 1.29 is 23.9 Å². The molecule has 1 heterocycles. The molecule has 150 valence electrons. The predicted molar refractivity (Wildman–Crippen MR) is 102 cm³/mol. The van der Waals surface area contributed by atoms with Crippen LogP contribution in [0.1, 0.15) is 33.1 Å². The Morgan fingerprint density at radius 2 is 1.79 bits per heavy atom. The van der Waals surface area contributed by atoms with Gasteiger partial charge in [0.2, 0.25) is 5.91 Å².